The Labute approximate surface area is 230 Å². The maximum atomic E-state index is 13.4. The minimum Gasteiger partial charge on any atom is -0.406 e. The Kier molecular flexibility index (Phi) is 6.91. The van der Waals surface area contributed by atoms with Crippen LogP contribution in [0.4, 0.5) is 4.79 Å². The second-order valence-electron chi connectivity index (χ2n) is 10.8. The highest BCUT2D eigenvalue weighted by Gasteiger charge is 2.37. The molecule has 2 N–H and O–H groups in total. The van der Waals surface area contributed by atoms with Gasteiger partial charge in [0, 0.05) is 42.7 Å². The number of aryl methyl sites for hydroxylation is 1. The van der Waals surface area contributed by atoms with Crippen molar-refractivity contribution in [3.63, 3.8) is 0 Å². The number of aromatic nitrogens is 5. The standard InChI is InChI=1S/C27H29ClN8O3/c1-27(2,3)23(25(37)36-9-7-15(12-29)8-10-36)33-26(38)39-20-14-31-24-22(20)32-18(13-30-24)21-17-11-16(28)5-6-19(17)35(4)34-21/h5-6,11,13-15,23H,7-10H2,1-4H3,(H,30,31)(H,33,38)/t23-/m0/s1. The molecular formula is C27H29ClN8O3. The Bertz CT molecular complexity index is 1610. The number of nitrogens with one attached hydrogen (secondary N) is 2. The summed E-state index contributed by atoms with van der Waals surface area (Å²) < 4.78 is 7.36. The Morgan fingerprint density at radius 3 is 2.72 bits per heavy atom. The summed E-state index contributed by atoms with van der Waals surface area (Å²) in [6.07, 6.45) is 3.56. The van der Waals surface area contributed by atoms with Gasteiger partial charge in [-0.15, -0.1) is 0 Å². The summed E-state index contributed by atoms with van der Waals surface area (Å²) in [4.78, 5) is 40.2. The smallest absolute Gasteiger partial charge is 0.406 e. The molecule has 0 unspecified atom stereocenters. The second kappa shape index (κ2) is 10.2. The number of amides is 2. The Balaban J connectivity index is 1.38. The van der Waals surface area contributed by atoms with Crippen molar-refractivity contribution in [1.29, 1.82) is 5.26 Å². The SMILES string of the molecule is Cn1nc(-c2cnc3[nH]cc(OC(=O)N[C@@H](C(=O)N4CCC(C#N)CC4)C(C)(C)C)c3n2)c2cc(Cl)ccc21. The molecule has 3 aromatic heterocycles. The van der Waals surface area contributed by atoms with Gasteiger partial charge in [-0.1, -0.05) is 32.4 Å². The van der Waals surface area contributed by atoms with Crippen LogP contribution in [-0.2, 0) is 11.8 Å². The third-order valence-corrected chi connectivity index (χ3v) is 7.20. The predicted octanol–water partition coefficient (Wildman–Crippen LogP) is 4.43. The van der Waals surface area contributed by atoms with Crippen LogP contribution in [0, 0.1) is 22.7 Å². The molecule has 12 heteroatoms. The molecule has 1 aliphatic heterocycles. The van der Waals surface area contributed by atoms with Crippen molar-refractivity contribution in [2.24, 2.45) is 18.4 Å². The number of ether oxygens (including phenoxy) is 1. The third-order valence-electron chi connectivity index (χ3n) is 6.97. The van der Waals surface area contributed by atoms with E-state index in [1.165, 1.54) is 6.20 Å². The average Bonchev–Trinajstić information content (AvgIpc) is 3.45. The van der Waals surface area contributed by atoms with Crippen LogP contribution in [0.2, 0.25) is 5.02 Å². The van der Waals surface area contributed by atoms with Crippen LogP contribution in [0.5, 0.6) is 5.75 Å². The summed E-state index contributed by atoms with van der Waals surface area (Å²) in [5.41, 5.74) is 2.18. The first-order valence-electron chi connectivity index (χ1n) is 12.7. The molecule has 2 amide bonds. The van der Waals surface area contributed by atoms with Crippen LogP contribution in [0.25, 0.3) is 33.5 Å². The molecule has 0 aliphatic carbocycles. The summed E-state index contributed by atoms with van der Waals surface area (Å²) in [5, 5.41) is 17.9. The Morgan fingerprint density at radius 2 is 2.03 bits per heavy atom. The summed E-state index contributed by atoms with van der Waals surface area (Å²) in [5.74, 6) is -0.0726. The maximum absolute atomic E-state index is 13.4. The molecule has 0 saturated carbocycles. The maximum Gasteiger partial charge on any atom is 0.413 e. The number of likely N-dealkylation sites (tertiary alicyclic amines) is 1. The van der Waals surface area contributed by atoms with E-state index in [4.69, 9.17) is 21.6 Å². The highest BCUT2D eigenvalue weighted by atomic mass is 35.5. The number of halogens is 1. The lowest BCUT2D eigenvalue weighted by Crippen LogP contribution is -2.56. The molecule has 0 bridgehead atoms. The number of fused-ring (bicyclic) bond motifs is 2. The monoisotopic (exact) mass is 548 g/mol. The van der Waals surface area contributed by atoms with Crippen LogP contribution in [0.15, 0.2) is 30.6 Å². The molecule has 4 heterocycles. The number of piperidine rings is 1. The summed E-state index contributed by atoms with van der Waals surface area (Å²) in [6.45, 7) is 6.60. The largest absolute Gasteiger partial charge is 0.413 e. The topological polar surface area (TPSA) is 142 Å². The first-order valence-corrected chi connectivity index (χ1v) is 13.1. The number of nitrogens with zero attached hydrogens (tertiary/aromatic N) is 6. The molecule has 0 radical (unpaired) electrons. The van der Waals surface area contributed by atoms with E-state index >= 15 is 0 Å². The normalized spacial score (nSPS) is 15.3. The van der Waals surface area contributed by atoms with Crippen LogP contribution in [0.1, 0.15) is 33.6 Å². The summed E-state index contributed by atoms with van der Waals surface area (Å²) in [7, 11) is 1.83. The van der Waals surface area contributed by atoms with Gasteiger partial charge in [0.25, 0.3) is 0 Å². The van der Waals surface area contributed by atoms with Crippen molar-refractivity contribution in [2.45, 2.75) is 39.7 Å². The highest BCUT2D eigenvalue weighted by molar-refractivity contribution is 6.31. The van der Waals surface area contributed by atoms with E-state index in [0.29, 0.717) is 53.5 Å². The van der Waals surface area contributed by atoms with E-state index < -0.39 is 17.6 Å². The van der Waals surface area contributed by atoms with Gasteiger partial charge in [0.15, 0.2) is 16.9 Å². The molecule has 1 aromatic carbocycles. The van der Waals surface area contributed by atoms with Crippen LogP contribution in [0.3, 0.4) is 0 Å². The Morgan fingerprint density at radius 1 is 1.28 bits per heavy atom. The van der Waals surface area contributed by atoms with Gasteiger partial charge in [0.05, 0.1) is 17.8 Å². The first-order chi connectivity index (χ1) is 18.5. The van der Waals surface area contributed by atoms with E-state index in [2.05, 4.69) is 31.4 Å². The van der Waals surface area contributed by atoms with Gasteiger partial charge >= 0.3 is 6.09 Å². The van der Waals surface area contributed by atoms with Gasteiger partial charge in [-0.25, -0.2) is 14.8 Å². The molecule has 202 valence electrons. The fourth-order valence-corrected chi connectivity index (χ4v) is 4.97. The molecule has 0 spiro atoms. The van der Waals surface area contributed by atoms with Crippen molar-refractivity contribution in [1.82, 2.24) is 34.9 Å². The molecule has 39 heavy (non-hydrogen) atoms. The van der Waals surface area contributed by atoms with Crippen molar-refractivity contribution in [3.8, 4) is 23.2 Å². The van der Waals surface area contributed by atoms with Crippen LogP contribution >= 0.6 is 11.6 Å². The fraction of sp³-hybridized carbons (Fsp3) is 0.407. The van der Waals surface area contributed by atoms with E-state index in [-0.39, 0.29) is 17.6 Å². The van der Waals surface area contributed by atoms with Gasteiger partial charge in [-0.05, 0) is 36.5 Å². The molecule has 11 nitrogen and oxygen atoms in total. The van der Waals surface area contributed by atoms with Gasteiger partial charge in [-0.2, -0.15) is 10.4 Å². The number of H-pyrrole nitrogens is 1. The Hall–Kier alpha value is -4.17. The van der Waals surface area contributed by atoms with Crippen molar-refractivity contribution >= 4 is 45.7 Å². The number of carbonyl (C=O) groups excluding carboxylic acids is 2. The minimum absolute atomic E-state index is 0.0472. The number of hydrogen-bond acceptors (Lipinski definition) is 7. The number of aromatic amines is 1. The molecule has 4 aromatic rings. The minimum atomic E-state index is -0.819. The van der Waals surface area contributed by atoms with Crippen molar-refractivity contribution in [3.05, 3.63) is 35.6 Å². The van der Waals surface area contributed by atoms with Crippen LogP contribution in [-0.4, -0.2) is 60.8 Å². The number of hydrogen-bond donors (Lipinski definition) is 2. The first kappa shape index (κ1) is 26.4. The van der Waals surface area contributed by atoms with E-state index in [1.54, 1.807) is 21.8 Å². The van der Waals surface area contributed by atoms with Gasteiger partial charge < -0.3 is 19.9 Å². The predicted molar refractivity (Wildman–Crippen MR) is 146 cm³/mol. The number of carbonyl (C=O) groups is 2. The number of rotatable bonds is 4. The zero-order valence-electron chi connectivity index (χ0n) is 22.2. The molecule has 5 rings (SSSR count). The lowest BCUT2D eigenvalue weighted by molar-refractivity contribution is -0.137. The molecule has 1 aliphatic rings. The fourth-order valence-electron chi connectivity index (χ4n) is 4.80. The average molecular weight is 549 g/mol. The lowest BCUT2D eigenvalue weighted by Gasteiger charge is -2.37. The second-order valence-corrected chi connectivity index (χ2v) is 11.2. The number of nitriles is 1. The zero-order chi connectivity index (χ0) is 27.9. The quantitative estimate of drug-likeness (QED) is 0.384. The van der Waals surface area contributed by atoms with E-state index in [1.807, 2.05) is 40.0 Å². The van der Waals surface area contributed by atoms with Crippen molar-refractivity contribution in [2.75, 3.05) is 13.1 Å². The molecule has 1 atom stereocenters. The molecular weight excluding hydrogens is 520 g/mol. The molecule has 1 fully saturated rings. The third kappa shape index (κ3) is 5.25. The zero-order valence-corrected chi connectivity index (χ0v) is 22.9. The van der Waals surface area contributed by atoms with Crippen LogP contribution < -0.4 is 10.1 Å². The van der Waals surface area contributed by atoms with Crippen molar-refractivity contribution < 1.29 is 14.3 Å². The summed E-state index contributed by atoms with van der Waals surface area (Å²) in [6, 6.07) is 6.95. The number of benzene rings is 1. The van der Waals surface area contributed by atoms with Gasteiger partial charge in [0.2, 0.25) is 5.91 Å². The van der Waals surface area contributed by atoms with E-state index in [9.17, 15) is 9.59 Å². The lowest BCUT2D eigenvalue weighted by atomic mass is 9.85. The van der Waals surface area contributed by atoms with Gasteiger partial charge in [0.1, 0.15) is 17.4 Å². The van der Waals surface area contributed by atoms with Gasteiger partial charge in [-0.3, -0.25) is 9.48 Å². The highest BCUT2D eigenvalue weighted by Crippen LogP contribution is 2.31. The summed E-state index contributed by atoms with van der Waals surface area (Å²) >= 11 is 6.22. The van der Waals surface area contributed by atoms with E-state index in [0.717, 1.165) is 10.9 Å². The molecule has 1 saturated heterocycles.